The van der Waals surface area contributed by atoms with Crippen LogP contribution in [-0.2, 0) is 0 Å². The van der Waals surface area contributed by atoms with E-state index in [1.165, 1.54) is 22.0 Å². The molecule has 0 aromatic heterocycles. The molecular formula is C11H14BrN. The molecule has 0 amide bonds. The van der Waals surface area contributed by atoms with Crippen molar-refractivity contribution in [3.63, 3.8) is 0 Å². The van der Waals surface area contributed by atoms with E-state index in [0.717, 1.165) is 12.5 Å². The average molecular weight is 240 g/mol. The molecule has 0 radical (unpaired) electrons. The second-order valence-electron chi connectivity index (χ2n) is 3.86. The van der Waals surface area contributed by atoms with Gasteiger partial charge in [-0.25, -0.2) is 0 Å². The summed E-state index contributed by atoms with van der Waals surface area (Å²) < 4.78 is 1.24. The standard InChI is InChI=1S/C11H14BrN/c1-7-2-3-9(11(12)4-7)10-5-8(10)6-13/h2-4,8,10H,5-6,13H2,1H3. The third-order valence-corrected chi connectivity index (χ3v) is 3.47. The van der Waals surface area contributed by atoms with E-state index in [1.807, 2.05) is 0 Å². The monoisotopic (exact) mass is 239 g/mol. The fraction of sp³-hybridized carbons (Fsp3) is 0.455. The van der Waals surface area contributed by atoms with Crippen LogP contribution >= 0.6 is 15.9 Å². The Morgan fingerprint density at radius 1 is 1.54 bits per heavy atom. The first kappa shape index (κ1) is 9.22. The maximum absolute atomic E-state index is 5.63. The van der Waals surface area contributed by atoms with Crippen molar-refractivity contribution in [2.45, 2.75) is 19.3 Å². The minimum Gasteiger partial charge on any atom is -0.330 e. The summed E-state index contributed by atoms with van der Waals surface area (Å²) in [5.74, 6) is 1.43. The third-order valence-electron chi connectivity index (χ3n) is 2.78. The number of halogens is 1. The van der Waals surface area contributed by atoms with Gasteiger partial charge in [-0.2, -0.15) is 0 Å². The Morgan fingerprint density at radius 2 is 2.31 bits per heavy atom. The van der Waals surface area contributed by atoms with Gasteiger partial charge < -0.3 is 5.73 Å². The summed E-state index contributed by atoms with van der Waals surface area (Å²) in [6.45, 7) is 2.94. The van der Waals surface area contributed by atoms with Gasteiger partial charge in [0.05, 0.1) is 0 Å². The van der Waals surface area contributed by atoms with Crippen LogP contribution in [0.25, 0.3) is 0 Å². The maximum Gasteiger partial charge on any atom is 0.0212 e. The van der Waals surface area contributed by atoms with E-state index in [-0.39, 0.29) is 0 Å². The summed E-state index contributed by atoms with van der Waals surface area (Å²) >= 11 is 3.60. The van der Waals surface area contributed by atoms with Crippen LogP contribution in [0.1, 0.15) is 23.5 Å². The summed E-state index contributed by atoms with van der Waals surface area (Å²) in [6.07, 6.45) is 1.26. The third kappa shape index (κ3) is 1.79. The molecule has 2 heteroatoms. The fourth-order valence-electron chi connectivity index (χ4n) is 1.82. The molecule has 2 atom stereocenters. The van der Waals surface area contributed by atoms with Gasteiger partial charge in [0.25, 0.3) is 0 Å². The zero-order chi connectivity index (χ0) is 9.42. The molecule has 0 aliphatic heterocycles. The van der Waals surface area contributed by atoms with E-state index in [0.29, 0.717) is 5.92 Å². The molecule has 13 heavy (non-hydrogen) atoms. The lowest BCUT2D eigenvalue weighted by molar-refractivity contribution is 0.808. The number of hydrogen-bond acceptors (Lipinski definition) is 1. The zero-order valence-electron chi connectivity index (χ0n) is 7.76. The van der Waals surface area contributed by atoms with E-state index >= 15 is 0 Å². The van der Waals surface area contributed by atoms with Crippen LogP contribution < -0.4 is 5.73 Å². The molecule has 1 fully saturated rings. The van der Waals surface area contributed by atoms with Crippen molar-refractivity contribution in [3.05, 3.63) is 33.8 Å². The molecule has 2 unspecified atom stereocenters. The predicted molar refractivity (Wildman–Crippen MR) is 58.8 cm³/mol. The lowest BCUT2D eigenvalue weighted by Crippen LogP contribution is -2.02. The first-order valence-corrected chi connectivity index (χ1v) is 5.48. The van der Waals surface area contributed by atoms with E-state index in [2.05, 4.69) is 41.1 Å². The van der Waals surface area contributed by atoms with Crippen LogP contribution in [0.2, 0.25) is 0 Å². The predicted octanol–water partition coefficient (Wildman–Crippen LogP) is 2.82. The lowest BCUT2D eigenvalue weighted by Gasteiger charge is -2.04. The van der Waals surface area contributed by atoms with Crippen molar-refractivity contribution in [2.75, 3.05) is 6.54 Å². The SMILES string of the molecule is Cc1ccc(C2CC2CN)c(Br)c1. The smallest absolute Gasteiger partial charge is 0.0212 e. The highest BCUT2D eigenvalue weighted by Crippen LogP contribution is 2.48. The lowest BCUT2D eigenvalue weighted by atomic mass is 10.1. The molecular weight excluding hydrogens is 226 g/mol. The fourth-order valence-corrected chi connectivity index (χ4v) is 2.61. The van der Waals surface area contributed by atoms with Gasteiger partial charge in [0.2, 0.25) is 0 Å². The highest BCUT2D eigenvalue weighted by atomic mass is 79.9. The molecule has 1 aliphatic carbocycles. The summed E-state index contributed by atoms with van der Waals surface area (Å²) in [5.41, 5.74) is 8.36. The van der Waals surface area contributed by atoms with Crippen molar-refractivity contribution in [1.82, 2.24) is 0 Å². The molecule has 0 saturated heterocycles. The normalized spacial score (nSPS) is 26.1. The number of hydrogen-bond donors (Lipinski definition) is 1. The second kappa shape index (κ2) is 3.43. The zero-order valence-corrected chi connectivity index (χ0v) is 9.34. The first-order chi connectivity index (χ1) is 6.22. The van der Waals surface area contributed by atoms with Crippen LogP contribution in [0.4, 0.5) is 0 Å². The molecule has 0 spiro atoms. The van der Waals surface area contributed by atoms with E-state index in [9.17, 15) is 0 Å². The Bertz CT molecular complexity index is 322. The molecule has 1 aromatic rings. The number of rotatable bonds is 2. The van der Waals surface area contributed by atoms with Crippen molar-refractivity contribution in [3.8, 4) is 0 Å². The molecule has 1 aromatic carbocycles. The minimum absolute atomic E-state index is 0.708. The maximum atomic E-state index is 5.63. The van der Waals surface area contributed by atoms with Crippen LogP contribution in [0.15, 0.2) is 22.7 Å². The van der Waals surface area contributed by atoms with Gasteiger partial charge in [-0.1, -0.05) is 28.1 Å². The summed E-state index contributed by atoms with van der Waals surface area (Å²) in [6, 6.07) is 6.58. The highest BCUT2D eigenvalue weighted by Gasteiger charge is 2.37. The molecule has 0 bridgehead atoms. The Morgan fingerprint density at radius 3 is 2.85 bits per heavy atom. The van der Waals surface area contributed by atoms with E-state index < -0.39 is 0 Å². The summed E-state index contributed by atoms with van der Waals surface area (Å²) in [5, 5.41) is 0. The largest absolute Gasteiger partial charge is 0.330 e. The van der Waals surface area contributed by atoms with Gasteiger partial charge in [0, 0.05) is 4.47 Å². The summed E-state index contributed by atoms with van der Waals surface area (Å²) in [7, 11) is 0. The number of nitrogens with two attached hydrogens (primary N) is 1. The topological polar surface area (TPSA) is 26.0 Å². The quantitative estimate of drug-likeness (QED) is 0.845. The molecule has 2 N–H and O–H groups in total. The summed E-state index contributed by atoms with van der Waals surface area (Å²) in [4.78, 5) is 0. The van der Waals surface area contributed by atoms with Gasteiger partial charge in [0.15, 0.2) is 0 Å². The number of benzene rings is 1. The second-order valence-corrected chi connectivity index (χ2v) is 4.72. The first-order valence-electron chi connectivity index (χ1n) is 4.68. The Kier molecular flexibility index (Phi) is 2.43. The van der Waals surface area contributed by atoms with Crippen LogP contribution in [0.3, 0.4) is 0 Å². The van der Waals surface area contributed by atoms with Crippen LogP contribution in [0, 0.1) is 12.8 Å². The van der Waals surface area contributed by atoms with Crippen LogP contribution in [0.5, 0.6) is 0 Å². The van der Waals surface area contributed by atoms with Gasteiger partial charge in [-0.05, 0) is 48.9 Å². The molecule has 0 heterocycles. The van der Waals surface area contributed by atoms with Gasteiger partial charge in [-0.3, -0.25) is 0 Å². The molecule has 1 saturated carbocycles. The Balaban J connectivity index is 2.22. The number of aryl methyl sites for hydroxylation is 1. The molecule has 70 valence electrons. The molecule has 2 rings (SSSR count). The van der Waals surface area contributed by atoms with E-state index in [1.54, 1.807) is 0 Å². The van der Waals surface area contributed by atoms with Crippen molar-refractivity contribution >= 4 is 15.9 Å². The van der Waals surface area contributed by atoms with Gasteiger partial charge >= 0.3 is 0 Å². The van der Waals surface area contributed by atoms with Crippen molar-refractivity contribution in [1.29, 1.82) is 0 Å². The van der Waals surface area contributed by atoms with Crippen molar-refractivity contribution < 1.29 is 0 Å². The Hall–Kier alpha value is -0.340. The average Bonchev–Trinajstić information content (AvgIpc) is 2.83. The highest BCUT2D eigenvalue weighted by molar-refractivity contribution is 9.10. The molecule has 1 aliphatic rings. The molecule has 1 nitrogen and oxygen atoms in total. The minimum atomic E-state index is 0.708. The van der Waals surface area contributed by atoms with Crippen molar-refractivity contribution in [2.24, 2.45) is 11.7 Å². The van der Waals surface area contributed by atoms with E-state index in [4.69, 9.17) is 5.73 Å². The van der Waals surface area contributed by atoms with Gasteiger partial charge in [0.1, 0.15) is 0 Å². The van der Waals surface area contributed by atoms with Gasteiger partial charge in [-0.15, -0.1) is 0 Å². The van der Waals surface area contributed by atoms with Crippen LogP contribution in [-0.4, -0.2) is 6.54 Å². The Labute approximate surface area is 87.5 Å².